The van der Waals surface area contributed by atoms with E-state index in [1.807, 2.05) is 119 Å². The van der Waals surface area contributed by atoms with E-state index in [-0.39, 0.29) is 18.2 Å². The van der Waals surface area contributed by atoms with E-state index in [0.717, 1.165) is 20.8 Å². The van der Waals surface area contributed by atoms with Crippen molar-refractivity contribution >= 4 is 63.1 Å². The molecule has 3 aromatic carbocycles. The molecule has 1 aliphatic rings. The van der Waals surface area contributed by atoms with E-state index in [1.165, 1.54) is 6.92 Å². The highest BCUT2D eigenvalue weighted by Crippen LogP contribution is 2.51. The Kier molecular flexibility index (Phi) is 9.54. The highest BCUT2D eigenvalue weighted by atomic mass is 32.1. The molecule has 1 heterocycles. The smallest absolute Gasteiger partial charge is 0.356 e. The third-order valence-electron chi connectivity index (χ3n) is 7.22. The number of ether oxygens (including phenoxy) is 1. The van der Waals surface area contributed by atoms with Crippen molar-refractivity contribution in [2.75, 3.05) is 6.54 Å². The van der Waals surface area contributed by atoms with Crippen LogP contribution in [-0.4, -0.2) is 50.7 Å². The van der Waals surface area contributed by atoms with E-state index < -0.39 is 24.0 Å². The summed E-state index contributed by atoms with van der Waals surface area (Å²) in [6, 6.07) is 29.9. The number of nitrogens with zero attached hydrogens (tertiary/aromatic N) is 1. The van der Waals surface area contributed by atoms with E-state index >= 15 is 0 Å². The fraction of sp³-hybridized carbons (Fsp3) is 0.324. The first kappa shape index (κ1) is 31.4. The van der Waals surface area contributed by atoms with Crippen molar-refractivity contribution in [3.05, 3.63) is 91.0 Å². The Morgan fingerprint density at radius 2 is 1.36 bits per heavy atom. The number of benzene rings is 3. The standard InChI is InChI=1S/C34H39N2O4PS/c1-25(37)35-22-21-29(42)23-34(5)24-30(38)36(34)31(32(39)40-33(2,3)4)41(26-15-9-6-10-16-26,27-17-11-7-12-18-27)28-19-13-8-14-20-28/h6-20H,21-24H2,1-5H3,(H,35,37). The molecule has 8 heteroatoms. The van der Waals surface area contributed by atoms with E-state index in [0.29, 0.717) is 24.8 Å². The number of carbonyl (C=O) groups is 3. The van der Waals surface area contributed by atoms with Gasteiger partial charge in [-0.25, -0.2) is 4.79 Å². The van der Waals surface area contributed by atoms with Crippen molar-refractivity contribution in [2.45, 2.75) is 65.0 Å². The van der Waals surface area contributed by atoms with Crippen molar-refractivity contribution in [1.29, 1.82) is 0 Å². The summed E-state index contributed by atoms with van der Waals surface area (Å²) in [5.74, 6) is -0.779. The second-order valence-electron chi connectivity index (χ2n) is 11.9. The van der Waals surface area contributed by atoms with Gasteiger partial charge in [0.05, 0.1) is 12.0 Å². The largest absolute Gasteiger partial charge is 0.455 e. The number of hydrogen-bond donors (Lipinski definition) is 1. The van der Waals surface area contributed by atoms with Gasteiger partial charge in [-0.1, -0.05) is 103 Å². The predicted octanol–water partition coefficient (Wildman–Crippen LogP) is 4.73. The van der Waals surface area contributed by atoms with Crippen LogP contribution >= 0.6 is 19.1 Å². The predicted molar refractivity (Wildman–Crippen MR) is 176 cm³/mol. The zero-order valence-electron chi connectivity index (χ0n) is 24.9. The maximum atomic E-state index is 14.6. The minimum Gasteiger partial charge on any atom is -0.455 e. The first-order valence-electron chi connectivity index (χ1n) is 14.1. The summed E-state index contributed by atoms with van der Waals surface area (Å²) in [7, 11) is 0. The SMILES string of the molecule is CC(=O)NCCC(=S)CC1(C)CC(=O)N1C(C(=O)OC(C)(C)C)=P(c1ccccc1)(c1ccccc1)c1ccccc1. The average molecular weight is 603 g/mol. The summed E-state index contributed by atoms with van der Waals surface area (Å²) in [5, 5.41) is 5.62. The molecule has 6 nitrogen and oxygen atoms in total. The molecule has 4 rings (SSSR count). The fourth-order valence-corrected chi connectivity index (χ4v) is 10.4. The van der Waals surface area contributed by atoms with E-state index in [1.54, 1.807) is 4.90 Å². The lowest BCUT2D eigenvalue weighted by Crippen LogP contribution is -2.67. The van der Waals surface area contributed by atoms with Crippen LogP contribution in [0.15, 0.2) is 91.0 Å². The number of nitrogens with one attached hydrogen (secondary N) is 1. The Hall–Kier alpha value is -3.54. The van der Waals surface area contributed by atoms with Crippen molar-refractivity contribution in [1.82, 2.24) is 10.2 Å². The maximum Gasteiger partial charge on any atom is 0.356 e. The van der Waals surface area contributed by atoms with Crippen LogP contribution in [-0.2, 0) is 19.1 Å². The molecule has 1 aliphatic heterocycles. The summed E-state index contributed by atoms with van der Waals surface area (Å²) in [5.41, 5.74) is -1.18. The molecular weight excluding hydrogens is 563 g/mol. The Labute approximate surface area is 254 Å². The van der Waals surface area contributed by atoms with Crippen LogP contribution in [0, 0.1) is 0 Å². The van der Waals surface area contributed by atoms with Crippen molar-refractivity contribution in [2.24, 2.45) is 0 Å². The van der Waals surface area contributed by atoms with Gasteiger partial charge in [-0.15, -0.1) is 0 Å². The zero-order chi connectivity index (χ0) is 30.5. The molecular formula is C34H39N2O4PS. The van der Waals surface area contributed by atoms with Gasteiger partial charge in [0.15, 0.2) is 0 Å². The Morgan fingerprint density at radius 3 is 1.74 bits per heavy atom. The highest BCUT2D eigenvalue weighted by molar-refractivity contribution is 7.96. The molecule has 1 saturated heterocycles. The number of carbonyl (C=O) groups excluding carboxylic acids is 3. The van der Waals surface area contributed by atoms with Gasteiger partial charge >= 0.3 is 5.97 Å². The van der Waals surface area contributed by atoms with Crippen LogP contribution in [0.1, 0.15) is 53.9 Å². The van der Waals surface area contributed by atoms with Gasteiger partial charge in [0.1, 0.15) is 11.0 Å². The molecule has 0 aromatic heterocycles. The molecule has 0 saturated carbocycles. The molecule has 3 aromatic rings. The van der Waals surface area contributed by atoms with Crippen LogP contribution in [0.3, 0.4) is 0 Å². The van der Waals surface area contributed by atoms with Gasteiger partial charge in [0.25, 0.3) is 0 Å². The van der Waals surface area contributed by atoms with Crippen LogP contribution in [0.5, 0.6) is 0 Å². The fourth-order valence-electron chi connectivity index (χ4n) is 5.57. The number of likely N-dealkylation sites (tertiary alicyclic amines) is 1. The van der Waals surface area contributed by atoms with Crippen molar-refractivity contribution < 1.29 is 19.1 Å². The second kappa shape index (κ2) is 12.8. The van der Waals surface area contributed by atoms with E-state index in [4.69, 9.17) is 17.0 Å². The van der Waals surface area contributed by atoms with E-state index in [9.17, 15) is 14.4 Å². The van der Waals surface area contributed by atoms with E-state index in [2.05, 4.69) is 5.32 Å². The van der Waals surface area contributed by atoms with Gasteiger partial charge in [-0.2, -0.15) is 0 Å². The molecule has 42 heavy (non-hydrogen) atoms. The van der Waals surface area contributed by atoms with Crippen LogP contribution in [0.2, 0.25) is 0 Å². The average Bonchev–Trinajstić information content (AvgIpc) is 2.93. The second-order valence-corrected chi connectivity index (χ2v) is 15.7. The molecule has 1 atom stereocenters. The lowest BCUT2D eigenvalue weighted by molar-refractivity contribution is -0.154. The molecule has 1 N–H and O–H groups in total. The van der Waals surface area contributed by atoms with Crippen LogP contribution in [0.4, 0.5) is 0 Å². The number of thiocarbonyl (C=S) groups is 1. The van der Waals surface area contributed by atoms with Gasteiger partial charge < -0.3 is 10.1 Å². The van der Waals surface area contributed by atoms with Crippen molar-refractivity contribution in [3.8, 4) is 0 Å². The monoisotopic (exact) mass is 602 g/mol. The summed E-state index contributed by atoms with van der Waals surface area (Å²) >= 11 is 5.75. The lowest BCUT2D eigenvalue weighted by Gasteiger charge is -2.52. The normalized spacial score (nSPS) is 16.8. The lowest BCUT2D eigenvalue weighted by atomic mass is 9.81. The molecule has 1 fully saturated rings. The topological polar surface area (TPSA) is 75.7 Å². The Bertz CT molecular complexity index is 1410. The third kappa shape index (κ3) is 6.58. The number of β-lactam (4-membered cyclic amide) rings is 1. The maximum absolute atomic E-state index is 14.6. The summed E-state index contributed by atoms with van der Waals surface area (Å²) < 4.78 is 6.14. The molecule has 2 amide bonds. The van der Waals surface area contributed by atoms with Gasteiger partial charge in [-0.3, -0.25) is 14.5 Å². The first-order valence-corrected chi connectivity index (χ1v) is 16.3. The molecule has 1 unspecified atom stereocenters. The van der Waals surface area contributed by atoms with Gasteiger partial charge in [-0.05, 0) is 54.9 Å². The minimum absolute atomic E-state index is 0.117. The highest BCUT2D eigenvalue weighted by Gasteiger charge is 2.54. The number of hydrogen-bond acceptors (Lipinski definition) is 5. The quantitative estimate of drug-likeness (QED) is 0.157. The molecule has 0 spiro atoms. The molecule has 0 aliphatic carbocycles. The Morgan fingerprint density at radius 1 is 0.905 bits per heavy atom. The molecule has 0 bridgehead atoms. The van der Waals surface area contributed by atoms with Crippen LogP contribution < -0.4 is 21.2 Å². The van der Waals surface area contributed by atoms with Gasteiger partial charge in [0.2, 0.25) is 11.8 Å². The molecule has 220 valence electrons. The number of esters is 1. The van der Waals surface area contributed by atoms with Crippen molar-refractivity contribution in [3.63, 3.8) is 0 Å². The summed E-state index contributed by atoms with van der Waals surface area (Å²) in [6.07, 6.45) is 1.17. The number of amides is 2. The van der Waals surface area contributed by atoms with Gasteiger partial charge in [0, 0.05) is 26.8 Å². The Balaban J connectivity index is 2.07. The van der Waals surface area contributed by atoms with Crippen LogP contribution in [0.25, 0.3) is 0 Å². The summed E-state index contributed by atoms with van der Waals surface area (Å²) in [4.78, 5) is 42.2. The summed E-state index contributed by atoms with van der Waals surface area (Å²) in [6.45, 7) is 6.42. The third-order valence-corrected chi connectivity index (χ3v) is 11.8. The zero-order valence-corrected chi connectivity index (χ0v) is 26.6. The molecule has 0 radical (unpaired) electrons. The number of rotatable bonds is 10. The first-order chi connectivity index (χ1) is 19.9. The minimum atomic E-state index is -2.98.